The smallest absolute Gasteiger partial charge is 0.200 e. The van der Waals surface area contributed by atoms with Crippen molar-refractivity contribution in [2.24, 2.45) is 0 Å². The number of hydrogen-bond acceptors (Lipinski definition) is 11. The molecule has 9 rings (SSSR count). The monoisotopic (exact) mass is 784 g/mol. The van der Waals surface area contributed by atoms with E-state index >= 15 is 0 Å². The first kappa shape index (κ1) is 37.3. The summed E-state index contributed by atoms with van der Waals surface area (Å²) in [6, 6.07) is 38.9. The van der Waals surface area contributed by atoms with Crippen LogP contribution >= 0.6 is 0 Å². The van der Waals surface area contributed by atoms with E-state index in [4.69, 9.17) is 23.0 Å². The molecule has 1 fully saturated rings. The van der Waals surface area contributed by atoms with Crippen LogP contribution in [0.1, 0.15) is 24.5 Å². The van der Waals surface area contributed by atoms with E-state index < -0.39 is 0 Å². The molecule has 0 radical (unpaired) electrons. The first-order valence-corrected chi connectivity index (χ1v) is 19.4. The molecule has 0 amide bonds. The fourth-order valence-corrected chi connectivity index (χ4v) is 7.46. The van der Waals surface area contributed by atoms with Crippen LogP contribution in [-0.2, 0) is 4.74 Å². The third-order valence-electron chi connectivity index (χ3n) is 10.6. The summed E-state index contributed by atoms with van der Waals surface area (Å²) in [6.07, 6.45) is 4.45. The number of ether oxygens (including phenoxy) is 3. The van der Waals surface area contributed by atoms with Crippen LogP contribution < -0.4 is 30.1 Å². The van der Waals surface area contributed by atoms with Crippen LogP contribution in [0.4, 0.5) is 11.8 Å². The summed E-state index contributed by atoms with van der Waals surface area (Å²) in [5.74, 6) is 3.36. The van der Waals surface area contributed by atoms with Gasteiger partial charge in [-0.05, 0) is 79.1 Å². The number of anilines is 2. The molecule has 59 heavy (non-hydrogen) atoms. The zero-order valence-corrected chi connectivity index (χ0v) is 32.7. The van der Waals surface area contributed by atoms with Gasteiger partial charge in [0.15, 0.2) is 33.8 Å². The van der Waals surface area contributed by atoms with E-state index in [0.29, 0.717) is 92.2 Å². The predicted molar refractivity (Wildman–Crippen MR) is 229 cm³/mol. The number of aromatic nitrogens is 2. The molecule has 0 saturated carbocycles. The Morgan fingerprint density at radius 3 is 1.73 bits per heavy atom. The maximum atomic E-state index is 13.6. The van der Waals surface area contributed by atoms with Gasteiger partial charge >= 0.3 is 0 Å². The van der Waals surface area contributed by atoms with Crippen LogP contribution in [0.15, 0.2) is 158 Å². The minimum Gasteiger partial charge on any atom is -0.457 e. The maximum absolute atomic E-state index is 13.6. The van der Waals surface area contributed by atoms with Crippen LogP contribution in [0.25, 0.3) is 44.5 Å². The second kappa shape index (κ2) is 16.0. The number of nitrogens with zero attached hydrogens (tertiary/aromatic N) is 4. The van der Waals surface area contributed by atoms with Gasteiger partial charge in [0.1, 0.15) is 34.4 Å². The predicted octanol–water partition coefficient (Wildman–Crippen LogP) is 10.0. The van der Waals surface area contributed by atoms with Gasteiger partial charge in [0.25, 0.3) is 0 Å². The van der Waals surface area contributed by atoms with Gasteiger partial charge in [-0.15, -0.1) is 0 Å². The summed E-state index contributed by atoms with van der Waals surface area (Å²) < 4.78 is 31.7. The number of rotatable bonds is 10. The highest BCUT2D eigenvalue weighted by molar-refractivity contribution is 5.93. The van der Waals surface area contributed by atoms with Gasteiger partial charge < -0.3 is 32.8 Å². The minimum atomic E-state index is -0.197. The Kier molecular flexibility index (Phi) is 10.1. The molecule has 0 spiro atoms. The van der Waals surface area contributed by atoms with Crippen molar-refractivity contribution in [2.45, 2.75) is 25.0 Å². The van der Waals surface area contributed by atoms with E-state index in [9.17, 15) is 9.59 Å². The van der Waals surface area contributed by atoms with Gasteiger partial charge in [-0.3, -0.25) is 19.6 Å². The molecule has 0 bridgehead atoms. The standard InChI is InChI=1S/C48H40N4O7/c1-51(2)43-28-38(53)34-21-24-49-45(47(34)58-43)37-14-8-10-16-41(37)57-33-19-17-30(18-20-33)42-27-31(23-26-55-42)52(3)44-29-39(54)35-22-25-50-46(48(35)59-44)36-13-7-9-15-40(36)56-32-11-5-4-6-12-32/h4-22,24-25,28-29,31,42H,23,26-27H2,1-3H3. The highest BCUT2D eigenvalue weighted by Crippen LogP contribution is 2.39. The molecular weight excluding hydrogens is 745 g/mol. The Morgan fingerprint density at radius 1 is 0.610 bits per heavy atom. The van der Waals surface area contributed by atoms with Crippen molar-refractivity contribution < 1.29 is 23.0 Å². The van der Waals surface area contributed by atoms with Gasteiger partial charge in [0.2, 0.25) is 0 Å². The Hall–Kier alpha value is -7.24. The molecule has 2 unspecified atom stereocenters. The highest BCUT2D eigenvalue weighted by atomic mass is 16.5. The zero-order valence-electron chi connectivity index (χ0n) is 32.7. The average molecular weight is 785 g/mol. The van der Waals surface area contributed by atoms with Crippen LogP contribution in [0.2, 0.25) is 0 Å². The quantitative estimate of drug-likeness (QED) is 0.132. The summed E-state index contributed by atoms with van der Waals surface area (Å²) >= 11 is 0. The van der Waals surface area contributed by atoms with Crippen LogP contribution in [-0.4, -0.2) is 43.8 Å². The summed E-state index contributed by atoms with van der Waals surface area (Å²) in [6.45, 7) is 0.532. The Balaban J connectivity index is 0.949. The van der Waals surface area contributed by atoms with E-state index in [-0.39, 0.29) is 23.0 Å². The number of hydrogen-bond donors (Lipinski definition) is 0. The SMILES string of the molecule is CN(C)c1cc(=O)c2ccnc(-c3ccccc3Oc3ccc(C4CC(N(C)c5cc(=O)c6ccnc(-c7ccccc7Oc7ccccc7)c6o5)CCO4)cc3)c2o1. The summed E-state index contributed by atoms with van der Waals surface area (Å²) in [5.41, 5.74) is 3.92. The second-order valence-electron chi connectivity index (χ2n) is 14.6. The van der Waals surface area contributed by atoms with Gasteiger partial charge in [-0.25, -0.2) is 0 Å². The third kappa shape index (κ3) is 7.51. The third-order valence-corrected chi connectivity index (χ3v) is 10.6. The summed E-state index contributed by atoms with van der Waals surface area (Å²) in [4.78, 5) is 39.6. The second-order valence-corrected chi connectivity index (χ2v) is 14.6. The molecule has 8 aromatic rings. The van der Waals surface area contributed by atoms with Gasteiger partial charge in [-0.2, -0.15) is 0 Å². The lowest BCUT2D eigenvalue weighted by molar-refractivity contribution is 0.00547. The van der Waals surface area contributed by atoms with Crippen LogP contribution in [0.3, 0.4) is 0 Å². The van der Waals surface area contributed by atoms with E-state index in [1.807, 2.05) is 129 Å². The molecule has 11 heteroatoms. The van der Waals surface area contributed by atoms with Crippen molar-refractivity contribution in [3.8, 4) is 45.5 Å². The molecular formula is C48H40N4O7. The highest BCUT2D eigenvalue weighted by Gasteiger charge is 2.29. The number of para-hydroxylation sites is 3. The minimum absolute atomic E-state index is 0.0206. The molecule has 0 aliphatic carbocycles. The van der Waals surface area contributed by atoms with Gasteiger partial charge in [0, 0.05) is 69.4 Å². The summed E-state index contributed by atoms with van der Waals surface area (Å²) in [5, 5.41) is 0.881. The molecule has 5 heterocycles. The fraction of sp³-hybridized carbons (Fsp3) is 0.167. The van der Waals surface area contributed by atoms with Gasteiger partial charge in [0.05, 0.1) is 16.9 Å². The van der Waals surface area contributed by atoms with E-state index in [0.717, 1.165) is 12.0 Å². The molecule has 1 saturated heterocycles. The molecule has 4 aromatic heterocycles. The molecule has 11 nitrogen and oxygen atoms in total. The largest absolute Gasteiger partial charge is 0.457 e. The Labute approximate surface area is 339 Å². The topological polar surface area (TPSA) is 120 Å². The molecule has 2 atom stereocenters. The molecule has 1 aliphatic rings. The van der Waals surface area contributed by atoms with Crippen LogP contribution in [0.5, 0.6) is 23.0 Å². The Morgan fingerprint density at radius 2 is 1.14 bits per heavy atom. The number of benzene rings is 4. The Bertz CT molecular complexity index is 2910. The van der Waals surface area contributed by atoms with E-state index in [2.05, 4.69) is 9.97 Å². The van der Waals surface area contributed by atoms with Crippen LogP contribution in [0, 0.1) is 0 Å². The molecule has 1 aliphatic heterocycles. The lowest BCUT2D eigenvalue weighted by Crippen LogP contribution is -2.38. The average Bonchev–Trinajstić information content (AvgIpc) is 3.27. The first-order chi connectivity index (χ1) is 28.8. The van der Waals surface area contributed by atoms with Crippen molar-refractivity contribution in [3.63, 3.8) is 0 Å². The van der Waals surface area contributed by atoms with Crippen molar-refractivity contribution in [2.75, 3.05) is 37.5 Å². The van der Waals surface area contributed by atoms with Crippen molar-refractivity contribution in [1.82, 2.24) is 9.97 Å². The maximum Gasteiger partial charge on any atom is 0.200 e. The van der Waals surface area contributed by atoms with E-state index in [1.54, 1.807) is 35.5 Å². The molecule has 294 valence electrons. The molecule has 4 aromatic carbocycles. The number of fused-ring (bicyclic) bond motifs is 2. The van der Waals surface area contributed by atoms with Crippen molar-refractivity contribution in [3.05, 3.63) is 166 Å². The summed E-state index contributed by atoms with van der Waals surface area (Å²) in [7, 11) is 5.59. The van der Waals surface area contributed by atoms with Crippen molar-refractivity contribution >= 4 is 33.7 Å². The molecule has 0 N–H and O–H groups in total. The number of pyridine rings is 2. The van der Waals surface area contributed by atoms with Gasteiger partial charge in [-0.1, -0.05) is 54.6 Å². The zero-order chi connectivity index (χ0) is 40.5. The normalized spacial score (nSPS) is 15.2. The lowest BCUT2D eigenvalue weighted by Gasteiger charge is -2.36. The van der Waals surface area contributed by atoms with E-state index in [1.165, 1.54) is 6.07 Å². The first-order valence-electron chi connectivity index (χ1n) is 19.4. The van der Waals surface area contributed by atoms with Crippen molar-refractivity contribution in [1.29, 1.82) is 0 Å². The lowest BCUT2D eigenvalue weighted by atomic mass is 9.96. The fourth-order valence-electron chi connectivity index (χ4n) is 7.46.